The average Bonchev–Trinajstić information content (AvgIpc) is 2.45. The molecular weight excluding hydrogens is 304 g/mol. The van der Waals surface area contributed by atoms with E-state index in [-0.39, 0.29) is 11.1 Å². The van der Waals surface area contributed by atoms with E-state index in [1.165, 1.54) is 0 Å². The largest absolute Gasteiger partial charge is 0.456 e. The van der Waals surface area contributed by atoms with Crippen molar-refractivity contribution in [3.8, 4) is 0 Å². The highest BCUT2D eigenvalue weighted by atomic mass is 16.6. The first-order chi connectivity index (χ1) is 11.1. The van der Waals surface area contributed by atoms with E-state index in [2.05, 4.69) is 0 Å². The Morgan fingerprint density at radius 3 is 1.42 bits per heavy atom. The van der Waals surface area contributed by atoms with Crippen LogP contribution in [-0.4, -0.2) is 23.1 Å². The van der Waals surface area contributed by atoms with Crippen molar-refractivity contribution in [3.05, 3.63) is 35.4 Å². The van der Waals surface area contributed by atoms with Crippen molar-refractivity contribution in [2.24, 2.45) is 0 Å². The van der Waals surface area contributed by atoms with Crippen LogP contribution in [0.1, 0.15) is 87.9 Å². The monoisotopic (exact) mass is 334 g/mol. The summed E-state index contributed by atoms with van der Waals surface area (Å²) < 4.78 is 11.2. The van der Waals surface area contributed by atoms with E-state index in [9.17, 15) is 9.59 Å². The summed E-state index contributed by atoms with van der Waals surface area (Å²) >= 11 is 0. The topological polar surface area (TPSA) is 52.6 Å². The molecule has 0 spiro atoms. The van der Waals surface area contributed by atoms with Crippen LogP contribution in [0, 0.1) is 0 Å². The van der Waals surface area contributed by atoms with Gasteiger partial charge in [-0.3, -0.25) is 0 Å². The maximum atomic E-state index is 12.5. The SMILES string of the molecule is CCCC(C)(C)OC(=O)c1ccccc1C(=O)OC(C)(C)CCC. The highest BCUT2D eigenvalue weighted by Crippen LogP contribution is 2.23. The molecule has 0 radical (unpaired) electrons. The van der Waals surface area contributed by atoms with Crippen molar-refractivity contribution in [2.75, 3.05) is 0 Å². The maximum absolute atomic E-state index is 12.5. The summed E-state index contributed by atoms with van der Waals surface area (Å²) in [5, 5.41) is 0. The number of hydrogen-bond acceptors (Lipinski definition) is 4. The Morgan fingerprint density at radius 2 is 1.12 bits per heavy atom. The van der Waals surface area contributed by atoms with E-state index >= 15 is 0 Å². The molecular formula is C20H30O4. The maximum Gasteiger partial charge on any atom is 0.339 e. The van der Waals surface area contributed by atoms with Gasteiger partial charge in [-0.15, -0.1) is 0 Å². The summed E-state index contributed by atoms with van der Waals surface area (Å²) in [6, 6.07) is 6.65. The van der Waals surface area contributed by atoms with Crippen LogP contribution in [0.4, 0.5) is 0 Å². The molecule has 0 aliphatic heterocycles. The Labute approximate surface area is 145 Å². The third-order valence-electron chi connectivity index (χ3n) is 3.81. The first-order valence-electron chi connectivity index (χ1n) is 8.67. The molecule has 1 rings (SSSR count). The first kappa shape index (κ1) is 20.2. The van der Waals surface area contributed by atoms with Gasteiger partial charge in [-0.2, -0.15) is 0 Å². The minimum absolute atomic E-state index is 0.249. The lowest BCUT2D eigenvalue weighted by Gasteiger charge is -2.26. The molecule has 0 unspecified atom stereocenters. The van der Waals surface area contributed by atoms with E-state index in [0.717, 1.165) is 25.7 Å². The molecule has 0 fully saturated rings. The van der Waals surface area contributed by atoms with Crippen molar-refractivity contribution in [1.29, 1.82) is 0 Å². The molecule has 0 bridgehead atoms. The van der Waals surface area contributed by atoms with Gasteiger partial charge in [0, 0.05) is 0 Å². The summed E-state index contributed by atoms with van der Waals surface area (Å²) in [7, 11) is 0. The Bertz CT molecular complexity index is 522. The molecule has 0 aliphatic rings. The summed E-state index contributed by atoms with van der Waals surface area (Å²) in [6.45, 7) is 11.6. The molecule has 0 saturated carbocycles. The van der Waals surface area contributed by atoms with Crippen molar-refractivity contribution >= 4 is 11.9 Å². The number of carbonyl (C=O) groups is 2. The molecule has 0 heterocycles. The van der Waals surface area contributed by atoms with Crippen molar-refractivity contribution < 1.29 is 19.1 Å². The van der Waals surface area contributed by atoms with Crippen molar-refractivity contribution in [3.63, 3.8) is 0 Å². The van der Waals surface area contributed by atoms with Gasteiger partial charge in [0.15, 0.2) is 0 Å². The van der Waals surface area contributed by atoms with Crippen LogP contribution in [-0.2, 0) is 9.47 Å². The third kappa shape index (κ3) is 5.99. The molecule has 24 heavy (non-hydrogen) atoms. The fraction of sp³-hybridized carbons (Fsp3) is 0.600. The molecule has 4 nitrogen and oxygen atoms in total. The van der Waals surface area contributed by atoms with Gasteiger partial charge < -0.3 is 9.47 Å². The molecule has 0 saturated heterocycles. The quantitative estimate of drug-likeness (QED) is 0.616. The van der Waals surface area contributed by atoms with Crippen LogP contribution < -0.4 is 0 Å². The highest BCUT2D eigenvalue weighted by molar-refractivity contribution is 6.03. The van der Waals surface area contributed by atoms with Gasteiger partial charge in [0.25, 0.3) is 0 Å². The van der Waals surface area contributed by atoms with Crippen LogP contribution in [0.3, 0.4) is 0 Å². The molecule has 0 amide bonds. The zero-order valence-electron chi connectivity index (χ0n) is 15.8. The fourth-order valence-electron chi connectivity index (χ4n) is 2.76. The predicted molar refractivity (Wildman–Crippen MR) is 95.2 cm³/mol. The van der Waals surface area contributed by atoms with E-state index < -0.39 is 23.1 Å². The predicted octanol–water partition coefficient (Wildman–Crippen LogP) is 5.16. The van der Waals surface area contributed by atoms with Gasteiger partial charge in [0.05, 0.1) is 11.1 Å². The van der Waals surface area contributed by atoms with Gasteiger partial charge in [0.2, 0.25) is 0 Å². The number of ether oxygens (including phenoxy) is 2. The number of rotatable bonds is 8. The Hall–Kier alpha value is -1.84. The van der Waals surface area contributed by atoms with Gasteiger partial charge in [-0.25, -0.2) is 9.59 Å². The first-order valence-corrected chi connectivity index (χ1v) is 8.67. The lowest BCUT2D eigenvalue weighted by molar-refractivity contribution is -0.00954. The molecule has 1 aromatic rings. The lowest BCUT2D eigenvalue weighted by atomic mass is 10.0. The number of carbonyl (C=O) groups excluding carboxylic acids is 2. The minimum Gasteiger partial charge on any atom is -0.456 e. The van der Waals surface area contributed by atoms with Crippen LogP contribution in [0.5, 0.6) is 0 Å². The molecule has 4 heteroatoms. The lowest BCUT2D eigenvalue weighted by Crippen LogP contribution is -2.31. The zero-order valence-corrected chi connectivity index (χ0v) is 15.8. The summed E-state index contributed by atoms with van der Waals surface area (Å²) in [5.74, 6) is -0.983. The van der Waals surface area contributed by atoms with Crippen LogP contribution in [0.2, 0.25) is 0 Å². The van der Waals surface area contributed by atoms with Crippen molar-refractivity contribution in [2.45, 2.75) is 78.4 Å². The zero-order chi connectivity index (χ0) is 18.4. The van der Waals surface area contributed by atoms with Gasteiger partial charge in [-0.05, 0) is 52.7 Å². The van der Waals surface area contributed by atoms with E-state index in [1.54, 1.807) is 24.3 Å². The summed E-state index contributed by atoms with van der Waals surface area (Å²) in [4.78, 5) is 25.0. The Kier molecular flexibility index (Phi) is 7.00. The Balaban J connectivity index is 2.99. The molecule has 134 valence electrons. The van der Waals surface area contributed by atoms with E-state index in [4.69, 9.17) is 9.47 Å². The molecule has 0 aromatic heterocycles. The standard InChI is InChI=1S/C20H30O4/c1-7-13-19(3,4)23-17(21)15-11-9-10-12-16(15)18(22)24-20(5,6)14-8-2/h9-12H,7-8,13-14H2,1-6H3. The Morgan fingerprint density at radius 1 is 0.792 bits per heavy atom. The number of benzene rings is 1. The molecule has 0 atom stereocenters. The summed E-state index contributed by atoms with van der Waals surface area (Å²) in [6.07, 6.45) is 3.34. The second kappa shape index (κ2) is 8.32. The number of esters is 2. The van der Waals surface area contributed by atoms with Gasteiger partial charge >= 0.3 is 11.9 Å². The van der Waals surface area contributed by atoms with E-state index in [1.807, 2.05) is 41.5 Å². The van der Waals surface area contributed by atoms with Gasteiger partial charge in [0.1, 0.15) is 11.2 Å². The van der Waals surface area contributed by atoms with Crippen molar-refractivity contribution in [1.82, 2.24) is 0 Å². The average molecular weight is 334 g/mol. The molecule has 1 aromatic carbocycles. The summed E-state index contributed by atoms with van der Waals surface area (Å²) in [5.41, 5.74) is -0.632. The molecule has 0 aliphatic carbocycles. The normalized spacial score (nSPS) is 11.9. The minimum atomic E-state index is -0.565. The smallest absolute Gasteiger partial charge is 0.339 e. The molecule has 0 N–H and O–H groups in total. The van der Waals surface area contributed by atoms with E-state index in [0.29, 0.717) is 0 Å². The van der Waals surface area contributed by atoms with Crippen LogP contribution in [0.15, 0.2) is 24.3 Å². The van der Waals surface area contributed by atoms with Crippen LogP contribution in [0.25, 0.3) is 0 Å². The number of hydrogen-bond donors (Lipinski definition) is 0. The van der Waals surface area contributed by atoms with Crippen LogP contribution >= 0.6 is 0 Å². The van der Waals surface area contributed by atoms with Gasteiger partial charge in [-0.1, -0.05) is 38.8 Å². The fourth-order valence-corrected chi connectivity index (χ4v) is 2.76. The second-order valence-electron chi connectivity index (χ2n) is 7.34. The second-order valence-corrected chi connectivity index (χ2v) is 7.34. The third-order valence-corrected chi connectivity index (χ3v) is 3.81. The highest BCUT2D eigenvalue weighted by Gasteiger charge is 2.28.